The van der Waals surface area contributed by atoms with Gasteiger partial charge < -0.3 is 0 Å². The number of carbonyl (C=O) groups excluding carboxylic acids is 3. The van der Waals surface area contributed by atoms with E-state index in [4.69, 9.17) is 0 Å². The molecule has 0 aliphatic heterocycles. The van der Waals surface area contributed by atoms with Gasteiger partial charge in [-0.3, -0.25) is 14.4 Å². The zero-order valence-corrected chi connectivity index (χ0v) is 16.0. The van der Waals surface area contributed by atoms with Gasteiger partial charge in [-0.05, 0) is 61.5 Å². The van der Waals surface area contributed by atoms with E-state index in [9.17, 15) is 18.8 Å². The van der Waals surface area contributed by atoms with E-state index in [0.717, 1.165) is 24.8 Å². The Labute approximate surface area is 154 Å². The minimum Gasteiger partial charge on any atom is -0.299 e. The quantitative estimate of drug-likeness (QED) is 0.609. The van der Waals surface area contributed by atoms with Crippen molar-refractivity contribution in [1.29, 1.82) is 0 Å². The fourth-order valence-electron chi connectivity index (χ4n) is 7.08. The van der Waals surface area contributed by atoms with Crippen LogP contribution in [0.15, 0.2) is 23.6 Å². The van der Waals surface area contributed by atoms with Crippen LogP contribution in [0.4, 0.5) is 4.39 Å². The van der Waals surface area contributed by atoms with Crippen molar-refractivity contribution in [3.63, 3.8) is 0 Å². The Morgan fingerprint density at radius 2 is 1.85 bits per heavy atom. The third-order valence-corrected chi connectivity index (χ3v) is 8.68. The highest BCUT2D eigenvalue weighted by Crippen LogP contribution is 2.67. The molecular weight excluding hydrogens is 331 g/mol. The second-order valence-electron chi connectivity index (χ2n) is 9.38. The summed E-state index contributed by atoms with van der Waals surface area (Å²) in [5.41, 5.74) is 0.503. The molecule has 0 spiro atoms. The van der Waals surface area contributed by atoms with Gasteiger partial charge in [-0.15, -0.1) is 0 Å². The highest BCUT2D eigenvalue weighted by molar-refractivity contribution is 6.44. The Bertz CT molecular complexity index is 778. The van der Waals surface area contributed by atoms with Crippen LogP contribution in [0.1, 0.15) is 53.4 Å². The van der Waals surface area contributed by atoms with Crippen molar-refractivity contribution in [3.8, 4) is 0 Å². The second-order valence-corrected chi connectivity index (χ2v) is 9.38. The SMILES string of the molecule is CC1=CC(=O)C(=O)C2C(=CF)[C@@H](C)[C@@H]3[C@H](CC[C@]4(C)C(=O)CC[C@@H]34)[C@@]12C. The highest BCUT2D eigenvalue weighted by atomic mass is 19.1. The number of hydrogen-bond donors (Lipinski definition) is 0. The molecule has 3 saturated carbocycles. The summed E-state index contributed by atoms with van der Waals surface area (Å²) in [5, 5.41) is 0. The lowest BCUT2D eigenvalue weighted by molar-refractivity contribution is -0.147. The molecule has 0 N–H and O–H groups in total. The van der Waals surface area contributed by atoms with Gasteiger partial charge in [0.1, 0.15) is 5.78 Å². The van der Waals surface area contributed by atoms with E-state index in [2.05, 4.69) is 6.92 Å². The molecule has 0 saturated heterocycles. The molecule has 0 radical (unpaired) electrons. The van der Waals surface area contributed by atoms with Gasteiger partial charge in [0.25, 0.3) is 0 Å². The van der Waals surface area contributed by atoms with Crippen molar-refractivity contribution in [3.05, 3.63) is 23.6 Å². The van der Waals surface area contributed by atoms with Crippen molar-refractivity contribution in [2.75, 3.05) is 0 Å². The Balaban J connectivity index is 1.90. The van der Waals surface area contributed by atoms with Gasteiger partial charge in [-0.1, -0.05) is 26.3 Å². The zero-order chi connectivity index (χ0) is 19.0. The minimum atomic E-state index is -0.692. The number of hydrogen-bond acceptors (Lipinski definition) is 3. The van der Waals surface area contributed by atoms with Gasteiger partial charge in [-0.25, -0.2) is 4.39 Å². The molecule has 0 aromatic carbocycles. The molecule has 4 heteroatoms. The van der Waals surface area contributed by atoms with Gasteiger partial charge in [0.15, 0.2) is 0 Å². The number of carbonyl (C=O) groups is 3. The lowest BCUT2D eigenvalue weighted by Gasteiger charge is -2.61. The van der Waals surface area contributed by atoms with E-state index >= 15 is 0 Å². The van der Waals surface area contributed by atoms with Crippen molar-refractivity contribution in [2.24, 2.45) is 40.4 Å². The Hall–Kier alpha value is -1.58. The van der Waals surface area contributed by atoms with Crippen LogP contribution >= 0.6 is 0 Å². The van der Waals surface area contributed by atoms with E-state index in [1.165, 1.54) is 6.08 Å². The van der Waals surface area contributed by atoms with Crippen LogP contribution in [0, 0.1) is 40.4 Å². The van der Waals surface area contributed by atoms with Gasteiger partial charge in [-0.2, -0.15) is 0 Å². The molecule has 4 aliphatic carbocycles. The van der Waals surface area contributed by atoms with Crippen LogP contribution in [-0.2, 0) is 14.4 Å². The maximum absolute atomic E-state index is 14.1. The van der Waals surface area contributed by atoms with E-state index in [1.54, 1.807) is 0 Å². The molecule has 7 atom stereocenters. The summed E-state index contributed by atoms with van der Waals surface area (Å²) >= 11 is 0. The Kier molecular flexibility index (Phi) is 3.74. The van der Waals surface area contributed by atoms with Crippen LogP contribution in [0.5, 0.6) is 0 Å². The topological polar surface area (TPSA) is 51.2 Å². The van der Waals surface area contributed by atoms with E-state index < -0.39 is 22.9 Å². The first-order valence-corrected chi connectivity index (χ1v) is 9.78. The van der Waals surface area contributed by atoms with E-state index in [0.29, 0.717) is 24.1 Å². The van der Waals surface area contributed by atoms with Gasteiger partial charge in [0.2, 0.25) is 11.6 Å². The maximum Gasteiger partial charge on any atom is 0.222 e. The van der Waals surface area contributed by atoms with Crippen molar-refractivity contribution in [2.45, 2.75) is 53.4 Å². The Morgan fingerprint density at radius 3 is 2.50 bits per heavy atom. The molecule has 140 valence electrons. The van der Waals surface area contributed by atoms with Crippen LogP contribution in [0.3, 0.4) is 0 Å². The van der Waals surface area contributed by atoms with Crippen LogP contribution in [0.2, 0.25) is 0 Å². The lowest BCUT2D eigenvalue weighted by Crippen LogP contribution is -2.59. The molecule has 4 aliphatic rings. The zero-order valence-electron chi connectivity index (χ0n) is 16.0. The molecule has 0 heterocycles. The summed E-state index contributed by atoms with van der Waals surface area (Å²) in [6.07, 6.45) is 5.20. The smallest absolute Gasteiger partial charge is 0.222 e. The molecule has 0 aromatic heterocycles. The number of allylic oxidation sites excluding steroid dienone is 3. The monoisotopic (exact) mass is 358 g/mol. The molecule has 0 aromatic rings. The summed E-state index contributed by atoms with van der Waals surface area (Å²) in [6, 6.07) is 0. The van der Waals surface area contributed by atoms with Gasteiger partial charge in [0.05, 0.1) is 12.2 Å². The average Bonchev–Trinajstić information content (AvgIpc) is 2.90. The largest absolute Gasteiger partial charge is 0.299 e. The number of Topliss-reactive ketones (excluding diaryl/α,β-unsaturated/α-hetero) is 2. The maximum atomic E-state index is 14.1. The molecular formula is C22H27FO3. The first-order valence-electron chi connectivity index (χ1n) is 9.78. The van der Waals surface area contributed by atoms with Crippen molar-refractivity contribution < 1.29 is 18.8 Å². The number of ketones is 3. The van der Waals surface area contributed by atoms with E-state index in [1.807, 2.05) is 20.8 Å². The summed E-state index contributed by atoms with van der Waals surface area (Å²) in [5.74, 6) is -0.847. The second kappa shape index (κ2) is 5.46. The first-order chi connectivity index (χ1) is 12.2. The molecule has 1 unspecified atom stereocenters. The predicted molar refractivity (Wildman–Crippen MR) is 95.8 cm³/mol. The van der Waals surface area contributed by atoms with Crippen molar-refractivity contribution >= 4 is 17.3 Å². The lowest BCUT2D eigenvalue weighted by atomic mass is 9.41. The normalized spacial score (nSPS) is 49.6. The summed E-state index contributed by atoms with van der Waals surface area (Å²) in [7, 11) is 0. The first kappa shape index (κ1) is 17.8. The Morgan fingerprint density at radius 1 is 1.15 bits per heavy atom. The van der Waals surface area contributed by atoms with Gasteiger partial charge in [0, 0.05) is 17.3 Å². The molecule has 0 amide bonds. The fraction of sp³-hybridized carbons (Fsp3) is 0.682. The standard InChI is InChI=1S/C22H27FO3/c1-11-9-16(24)20(26)19-13(10-23)12(2)18-14-5-6-17(25)21(14,3)8-7-15(18)22(11,19)4/h9-10,12,14-15,18-19H,5-8H2,1-4H3/t12-,14+,15+,18+,19?,21+,22-/m1/s1. The van der Waals surface area contributed by atoms with Crippen LogP contribution in [0.25, 0.3) is 0 Å². The predicted octanol–water partition coefficient (Wildman–Crippen LogP) is 4.22. The average molecular weight is 358 g/mol. The molecule has 26 heavy (non-hydrogen) atoms. The number of rotatable bonds is 0. The summed E-state index contributed by atoms with van der Waals surface area (Å²) in [6.45, 7) is 8.03. The molecule has 3 fully saturated rings. The van der Waals surface area contributed by atoms with Gasteiger partial charge >= 0.3 is 0 Å². The molecule has 3 nitrogen and oxygen atoms in total. The number of halogens is 1. The van der Waals surface area contributed by atoms with Crippen LogP contribution < -0.4 is 0 Å². The molecule has 4 rings (SSSR count). The van der Waals surface area contributed by atoms with Crippen LogP contribution in [-0.4, -0.2) is 17.3 Å². The molecule has 0 bridgehead atoms. The fourth-order valence-corrected chi connectivity index (χ4v) is 7.08. The highest BCUT2D eigenvalue weighted by Gasteiger charge is 2.65. The van der Waals surface area contributed by atoms with E-state index in [-0.39, 0.29) is 29.1 Å². The minimum absolute atomic E-state index is 0.124. The third-order valence-electron chi connectivity index (χ3n) is 8.68. The number of fused-ring (bicyclic) bond motifs is 5. The summed E-state index contributed by atoms with van der Waals surface area (Å²) < 4.78 is 14.1. The summed E-state index contributed by atoms with van der Waals surface area (Å²) in [4.78, 5) is 37.6. The third kappa shape index (κ3) is 1.91. The van der Waals surface area contributed by atoms with Crippen molar-refractivity contribution in [1.82, 2.24) is 0 Å².